The molecule has 3 nitrogen and oxygen atoms in total. The minimum absolute atomic E-state index is 0. The van der Waals surface area contributed by atoms with Crippen molar-refractivity contribution in [3.63, 3.8) is 0 Å². The first-order valence-electron chi connectivity index (χ1n) is 7.23. The number of carboxylic acid groups (broad SMARTS) is 1. The van der Waals surface area contributed by atoms with Gasteiger partial charge in [-0.1, -0.05) is 6.07 Å². The molecule has 0 saturated carbocycles. The molecule has 0 radical (unpaired) electrons. The van der Waals surface area contributed by atoms with E-state index in [4.69, 9.17) is 0 Å². The molecule has 3 atom stereocenters. The largest absolute Gasteiger partial charge is 1.00 e. The lowest BCUT2D eigenvalue weighted by molar-refractivity contribution is -0.953. The predicted molar refractivity (Wildman–Crippen MR) is 75.3 cm³/mol. The van der Waals surface area contributed by atoms with Crippen molar-refractivity contribution in [1.29, 1.82) is 0 Å². The monoisotopic (exact) mass is 333 g/mol. The van der Waals surface area contributed by atoms with E-state index in [0.717, 1.165) is 12.6 Å². The molecular weight excluding hydrogens is 312 g/mol. The Morgan fingerprint density at radius 1 is 1.32 bits per heavy atom. The second kappa shape index (κ2) is 6.92. The maximum absolute atomic E-state index is 14.1. The van der Waals surface area contributed by atoms with E-state index in [9.17, 15) is 18.7 Å². The molecule has 1 aliphatic rings. The predicted octanol–water partition coefficient (Wildman–Crippen LogP) is -1.16. The second-order valence-corrected chi connectivity index (χ2v) is 6.81. The van der Waals surface area contributed by atoms with Gasteiger partial charge in [0.1, 0.15) is 11.6 Å². The second-order valence-electron chi connectivity index (χ2n) is 6.81. The van der Waals surface area contributed by atoms with Gasteiger partial charge < -0.3 is 22.4 Å². The number of quaternary nitrogens is 1. The van der Waals surface area contributed by atoms with E-state index in [-0.39, 0.29) is 17.9 Å². The van der Waals surface area contributed by atoms with Gasteiger partial charge >= 0.3 is 5.97 Å². The van der Waals surface area contributed by atoms with Crippen LogP contribution in [0.15, 0.2) is 18.2 Å². The van der Waals surface area contributed by atoms with Crippen LogP contribution < -0.4 is 17.3 Å². The number of carboxylic acids is 1. The highest BCUT2D eigenvalue weighted by Crippen LogP contribution is 2.31. The number of piperidine rings is 1. The number of hydrogen-bond donors (Lipinski definition) is 2. The number of nitrogens with one attached hydrogen (secondary N) is 1. The van der Waals surface area contributed by atoms with Crippen LogP contribution in [-0.4, -0.2) is 29.7 Å². The molecule has 22 heavy (non-hydrogen) atoms. The molecule has 0 bridgehead atoms. The van der Waals surface area contributed by atoms with Crippen LogP contribution in [0.5, 0.6) is 0 Å². The third-order valence-corrected chi connectivity index (χ3v) is 4.45. The van der Waals surface area contributed by atoms with Crippen LogP contribution in [0.2, 0.25) is 0 Å². The molecular formula is C16H22ClF2NO2. The summed E-state index contributed by atoms with van der Waals surface area (Å²) in [5.74, 6) is -3.24. The summed E-state index contributed by atoms with van der Waals surface area (Å²) in [5, 5.41) is 9.40. The molecule has 1 fully saturated rings. The smallest absolute Gasteiger partial charge is 0.307 e. The van der Waals surface area contributed by atoms with Gasteiger partial charge in [0.15, 0.2) is 0 Å². The molecule has 1 aromatic carbocycles. The van der Waals surface area contributed by atoms with E-state index in [2.05, 4.69) is 20.8 Å². The van der Waals surface area contributed by atoms with Gasteiger partial charge in [-0.05, 0) is 32.4 Å². The normalized spacial score (nSPS) is 25.4. The lowest BCUT2D eigenvalue weighted by atomic mass is 9.79. The summed E-state index contributed by atoms with van der Waals surface area (Å²) in [6, 6.07) is 3.42. The minimum Gasteiger partial charge on any atom is -1.00 e. The van der Waals surface area contributed by atoms with E-state index in [1.807, 2.05) is 0 Å². The Labute approximate surface area is 135 Å². The standard InChI is InChI=1S/C16H21F2NO2.ClH/c1-16(2,3)19-7-6-12(15(20)21)13(9-19)11-5-4-10(17)8-14(11)18;/h4-5,8,12-13H,6-7,9H2,1-3H3,(H,20,21);1H. The number of halogens is 3. The molecule has 0 aliphatic carbocycles. The average Bonchev–Trinajstić information content (AvgIpc) is 2.37. The van der Waals surface area contributed by atoms with Crippen LogP contribution in [0.3, 0.4) is 0 Å². The Balaban J connectivity index is 0.00000242. The number of rotatable bonds is 2. The van der Waals surface area contributed by atoms with Crippen LogP contribution in [-0.2, 0) is 4.79 Å². The molecule has 6 heteroatoms. The molecule has 2 N–H and O–H groups in total. The van der Waals surface area contributed by atoms with Gasteiger partial charge in [0, 0.05) is 18.4 Å². The van der Waals surface area contributed by atoms with Crippen molar-refractivity contribution in [1.82, 2.24) is 0 Å². The Morgan fingerprint density at radius 2 is 1.95 bits per heavy atom. The lowest BCUT2D eigenvalue weighted by Gasteiger charge is -2.41. The Kier molecular flexibility index (Phi) is 5.93. The Morgan fingerprint density at radius 3 is 2.45 bits per heavy atom. The molecule has 1 saturated heterocycles. The first-order chi connectivity index (χ1) is 9.70. The van der Waals surface area contributed by atoms with Crippen LogP contribution in [0.25, 0.3) is 0 Å². The Bertz CT molecular complexity index is 545. The highest BCUT2D eigenvalue weighted by Gasteiger charge is 2.42. The molecule has 124 valence electrons. The highest BCUT2D eigenvalue weighted by molar-refractivity contribution is 5.71. The summed E-state index contributed by atoms with van der Waals surface area (Å²) in [6.07, 6.45) is 0.503. The molecule has 1 aromatic rings. The summed E-state index contributed by atoms with van der Waals surface area (Å²) in [4.78, 5) is 12.7. The topological polar surface area (TPSA) is 41.7 Å². The fourth-order valence-corrected chi connectivity index (χ4v) is 3.15. The minimum atomic E-state index is -0.906. The molecule has 1 aliphatic heterocycles. The summed E-state index contributed by atoms with van der Waals surface area (Å²) in [5.41, 5.74) is 0.281. The van der Waals surface area contributed by atoms with Gasteiger partial charge in [0.05, 0.1) is 24.5 Å². The maximum atomic E-state index is 14.1. The number of benzene rings is 1. The van der Waals surface area contributed by atoms with E-state index in [1.54, 1.807) is 0 Å². The zero-order valence-electron chi connectivity index (χ0n) is 13.0. The fourth-order valence-electron chi connectivity index (χ4n) is 3.15. The van der Waals surface area contributed by atoms with Crippen molar-refractivity contribution in [3.8, 4) is 0 Å². The molecule has 0 amide bonds. The summed E-state index contributed by atoms with van der Waals surface area (Å²) in [6.45, 7) is 7.55. The first kappa shape index (κ1) is 18.8. The van der Waals surface area contributed by atoms with Gasteiger partial charge in [-0.2, -0.15) is 0 Å². The van der Waals surface area contributed by atoms with Crippen LogP contribution in [0, 0.1) is 17.6 Å². The zero-order valence-corrected chi connectivity index (χ0v) is 13.8. The number of hydrogen-bond acceptors (Lipinski definition) is 1. The average molecular weight is 334 g/mol. The van der Waals surface area contributed by atoms with Crippen molar-refractivity contribution in [2.75, 3.05) is 13.1 Å². The number of carbonyl (C=O) groups is 1. The third kappa shape index (κ3) is 3.96. The Hall–Kier alpha value is -1.20. The lowest BCUT2D eigenvalue weighted by Crippen LogP contribution is -3.20. The van der Waals surface area contributed by atoms with E-state index < -0.39 is 29.4 Å². The van der Waals surface area contributed by atoms with Gasteiger partial charge in [0.25, 0.3) is 0 Å². The van der Waals surface area contributed by atoms with Crippen molar-refractivity contribution < 1.29 is 36.0 Å². The molecule has 0 aromatic heterocycles. The third-order valence-electron chi connectivity index (χ3n) is 4.45. The highest BCUT2D eigenvalue weighted by atomic mass is 35.5. The number of aliphatic carboxylic acids is 1. The quantitative estimate of drug-likeness (QED) is 0.717. The van der Waals surface area contributed by atoms with Crippen molar-refractivity contribution >= 4 is 5.97 Å². The summed E-state index contributed by atoms with van der Waals surface area (Å²) < 4.78 is 27.1. The van der Waals surface area contributed by atoms with E-state index >= 15 is 0 Å². The van der Waals surface area contributed by atoms with Crippen molar-refractivity contribution in [2.45, 2.75) is 38.6 Å². The van der Waals surface area contributed by atoms with Gasteiger partial charge in [-0.3, -0.25) is 4.79 Å². The van der Waals surface area contributed by atoms with Crippen LogP contribution in [0.1, 0.15) is 38.7 Å². The van der Waals surface area contributed by atoms with Gasteiger partial charge in [0.2, 0.25) is 0 Å². The maximum Gasteiger partial charge on any atom is 0.307 e. The zero-order chi connectivity index (χ0) is 15.8. The van der Waals surface area contributed by atoms with Crippen LogP contribution in [0.4, 0.5) is 8.78 Å². The molecule has 0 spiro atoms. The van der Waals surface area contributed by atoms with Gasteiger partial charge in [-0.25, -0.2) is 8.78 Å². The van der Waals surface area contributed by atoms with Crippen molar-refractivity contribution in [3.05, 3.63) is 35.4 Å². The number of likely N-dealkylation sites (tertiary alicyclic amines) is 1. The first-order valence-corrected chi connectivity index (χ1v) is 7.23. The van der Waals surface area contributed by atoms with Crippen LogP contribution >= 0.6 is 0 Å². The van der Waals surface area contributed by atoms with E-state index in [0.29, 0.717) is 18.5 Å². The molecule has 3 unspecified atom stereocenters. The molecule has 1 heterocycles. The van der Waals surface area contributed by atoms with Crippen molar-refractivity contribution in [2.24, 2.45) is 5.92 Å². The summed E-state index contributed by atoms with van der Waals surface area (Å²) in [7, 11) is 0. The van der Waals surface area contributed by atoms with Gasteiger partial charge in [-0.15, -0.1) is 0 Å². The van der Waals surface area contributed by atoms with E-state index in [1.165, 1.54) is 17.0 Å². The fraction of sp³-hybridized carbons (Fsp3) is 0.562. The molecule has 2 rings (SSSR count). The summed E-state index contributed by atoms with van der Waals surface area (Å²) >= 11 is 0. The SMILES string of the molecule is CC(C)(C)[NH+]1CCC(C(=O)O)C(c2ccc(F)cc2F)C1.[Cl-].